The average Bonchev–Trinajstić information content (AvgIpc) is 2.25. The van der Waals surface area contributed by atoms with Crippen molar-refractivity contribution in [2.24, 2.45) is 5.92 Å². The van der Waals surface area contributed by atoms with E-state index in [2.05, 4.69) is 12.1 Å². The van der Waals surface area contributed by atoms with Crippen LogP contribution in [-0.2, 0) is 11.3 Å². The van der Waals surface area contributed by atoms with Gasteiger partial charge in [0.2, 0.25) is 0 Å². The number of aliphatic hydroxyl groups is 1. The van der Waals surface area contributed by atoms with Crippen molar-refractivity contribution in [2.45, 2.75) is 32.2 Å². The van der Waals surface area contributed by atoms with Gasteiger partial charge in [-0.25, -0.2) is 0 Å². The molecular formula is C12H16O2. The quantitative estimate of drug-likeness (QED) is 0.793. The van der Waals surface area contributed by atoms with Gasteiger partial charge in [-0.2, -0.15) is 0 Å². The molecule has 0 unspecified atom stereocenters. The van der Waals surface area contributed by atoms with Gasteiger partial charge in [0.1, 0.15) is 0 Å². The van der Waals surface area contributed by atoms with Gasteiger partial charge in [-0.15, -0.1) is 0 Å². The number of hydrogen-bond acceptors (Lipinski definition) is 2. The van der Waals surface area contributed by atoms with Gasteiger partial charge >= 0.3 is 0 Å². The Hall–Kier alpha value is -0.860. The molecular weight excluding hydrogens is 176 g/mol. The van der Waals surface area contributed by atoms with Crippen molar-refractivity contribution in [1.29, 1.82) is 0 Å². The van der Waals surface area contributed by atoms with Crippen molar-refractivity contribution >= 4 is 0 Å². The Morgan fingerprint density at radius 3 is 2.64 bits per heavy atom. The normalized spacial score (nSPS) is 31.1. The number of benzene rings is 1. The van der Waals surface area contributed by atoms with E-state index in [0.717, 1.165) is 6.42 Å². The molecule has 0 radical (unpaired) electrons. The van der Waals surface area contributed by atoms with E-state index in [1.165, 1.54) is 5.56 Å². The molecule has 1 aromatic rings. The predicted octanol–water partition coefficient (Wildman–Crippen LogP) is 1.97. The molecule has 0 aliphatic heterocycles. The van der Waals surface area contributed by atoms with Crippen LogP contribution in [0.15, 0.2) is 30.3 Å². The van der Waals surface area contributed by atoms with Gasteiger partial charge in [-0.1, -0.05) is 37.3 Å². The molecule has 0 aromatic heterocycles. The summed E-state index contributed by atoms with van der Waals surface area (Å²) in [5, 5.41) is 9.30. The highest BCUT2D eigenvalue weighted by molar-refractivity contribution is 5.13. The molecule has 0 amide bonds. The van der Waals surface area contributed by atoms with Crippen LogP contribution in [0.25, 0.3) is 0 Å². The molecule has 2 rings (SSSR count). The minimum atomic E-state index is -0.157. The van der Waals surface area contributed by atoms with Crippen molar-refractivity contribution < 1.29 is 9.84 Å². The highest BCUT2D eigenvalue weighted by Gasteiger charge is 2.36. The fourth-order valence-electron chi connectivity index (χ4n) is 1.72. The van der Waals surface area contributed by atoms with Crippen LogP contribution in [0.1, 0.15) is 18.9 Å². The third kappa shape index (κ3) is 1.97. The van der Waals surface area contributed by atoms with Crippen LogP contribution in [0.2, 0.25) is 0 Å². The highest BCUT2D eigenvalue weighted by Crippen LogP contribution is 2.30. The third-order valence-corrected chi connectivity index (χ3v) is 2.97. The SMILES string of the molecule is C[C@H]1[C@@H](O)C[C@H]1OCc1ccccc1. The number of ether oxygens (including phenoxy) is 1. The lowest BCUT2D eigenvalue weighted by Gasteiger charge is -2.38. The van der Waals surface area contributed by atoms with Crippen LogP contribution in [0.3, 0.4) is 0 Å². The maximum absolute atomic E-state index is 9.30. The Morgan fingerprint density at radius 2 is 2.07 bits per heavy atom. The highest BCUT2D eigenvalue weighted by atomic mass is 16.5. The van der Waals surface area contributed by atoms with E-state index < -0.39 is 0 Å². The Bertz CT molecular complexity index is 284. The fourth-order valence-corrected chi connectivity index (χ4v) is 1.72. The van der Waals surface area contributed by atoms with Gasteiger partial charge in [-0.3, -0.25) is 0 Å². The van der Waals surface area contributed by atoms with Crippen LogP contribution >= 0.6 is 0 Å². The zero-order valence-electron chi connectivity index (χ0n) is 8.39. The molecule has 0 spiro atoms. The summed E-state index contributed by atoms with van der Waals surface area (Å²) in [7, 11) is 0. The summed E-state index contributed by atoms with van der Waals surface area (Å²) in [6.45, 7) is 2.69. The van der Waals surface area contributed by atoms with Gasteiger partial charge in [-0.05, 0) is 5.56 Å². The van der Waals surface area contributed by atoms with Crippen molar-refractivity contribution in [1.82, 2.24) is 0 Å². The monoisotopic (exact) mass is 192 g/mol. The molecule has 1 N–H and O–H groups in total. The molecule has 1 aromatic carbocycles. The molecule has 0 heterocycles. The lowest BCUT2D eigenvalue weighted by atomic mass is 9.80. The molecule has 76 valence electrons. The predicted molar refractivity (Wildman–Crippen MR) is 54.8 cm³/mol. The molecule has 0 bridgehead atoms. The average molecular weight is 192 g/mol. The van der Waals surface area contributed by atoms with Crippen LogP contribution in [0.4, 0.5) is 0 Å². The van der Waals surface area contributed by atoms with Crippen LogP contribution in [0.5, 0.6) is 0 Å². The summed E-state index contributed by atoms with van der Waals surface area (Å²) in [5.74, 6) is 0.290. The van der Waals surface area contributed by atoms with Crippen molar-refractivity contribution in [3.8, 4) is 0 Å². The molecule has 1 saturated carbocycles. The van der Waals surface area contributed by atoms with Gasteiger partial charge in [0, 0.05) is 12.3 Å². The smallest absolute Gasteiger partial charge is 0.0720 e. The zero-order chi connectivity index (χ0) is 9.97. The van der Waals surface area contributed by atoms with E-state index in [-0.39, 0.29) is 12.2 Å². The maximum atomic E-state index is 9.30. The molecule has 1 aliphatic carbocycles. The first-order valence-electron chi connectivity index (χ1n) is 5.11. The third-order valence-electron chi connectivity index (χ3n) is 2.97. The standard InChI is InChI=1S/C12H16O2/c1-9-11(13)7-12(9)14-8-10-5-3-2-4-6-10/h2-6,9,11-13H,7-8H2,1H3/t9-,11-,12+/m0/s1. The van der Waals surface area contributed by atoms with Gasteiger partial charge < -0.3 is 9.84 Å². The first kappa shape index (κ1) is 9.69. The van der Waals surface area contributed by atoms with E-state index in [1.54, 1.807) is 0 Å². The fraction of sp³-hybridized carbons (Fsp3) is 0.500. The molecule has 14 heavy (non-hydrogen) atoms. The minimum absolute atomic E-state index is 0.157. The van der Waals surface area contributed by atoms with Gasteiger partial charge in [0.25, 0.3) is 0 Å². The van der Waals surface area contributed by atoms with E-state index in [9.17, 15) is 5.11 Å². The Balaban J connectivity index is 1.79. The summed E-state index contributed by atoms with van der Waals surface area (Å²) in [4.78, 5) is 0. The zero-order valence-corrected chi connectivity index (χ0v) is 8.39. The second kappa shape index (κ2) is 4.11. The number of rotatable bonds is 3. The maximum Gasteiger partial charge on any atom is 0.0720 e. The Kier molecular flexibility index (Phi) is 2.85. The van der Waals surface area contributed by atoms with Gasteiger partial charge in [0.15, 0.2) is 0 Å². The minimum Gasteiger partial charge on any atom is -0.393 e. The summed E-state index contributed by atoms with van der Waals surface area (Å²) in [5.41, 5.74) is 1.20. The van der Waals surface area contributed by atoms with Crippen molar-refractivity contribution in [3.63, 3.8) is 0 Å². The van der Waals surface area contributed by atoms with E-state index in [1.807, 2.05) is 25.1 Å². The number of aliphatic hydroxyl groups excluding tert-OH is 1. The number of hydrogen-bond donors (Lipinski definition) is 1. The van der Waals surface area contributed by atoms with Gasteiger partial charge in [0.05, 0.1) is 18.8 Å². The van der Waals surface area contributed by atoms with E-state index in [4.69, 9.17) is 4.74 Å². The summed E-state index contributed by atoms with van der Waals surface area (Å²) in [6, 6.07) is 10.1. The van der Waals surface area contributed by atoms with E-state index in [0.29, 0.717) is 12.5 Å². The molecule has 2 heteroatoms. The lowest BCUT2D eigenvalue weighted by molar-refractivity contribution is -0.125. The van der Waals surface area contributed by atoms with Crippen molar-refractivity contribution in [2.75, 3.05) is 0 Å². The largest absolute Gasteiger partial charge is 0.393 e. The lowest BCUT2D eigenvalue weighted by Crippen LogP contribution is -2.45. The second-order valence-electron chi connectivity index (χ2n) is 4.00. The molecule has 1 fully saturated rings. The second-order valence-corrected chi connectivity index (χ2v) is 4.00. The Morgan fingerprint density at radius 1 is 1.36 bits per heavy atom. The Labute approximate surface area is 84.5 Å². The van der Waals surface area contributed by atoms with Crippen LogP contribution in [0, 0.1) is 5.92 Å². The van der Waals surface area contributed by atoms with Crippen molar-refractivity contribution in [3.05, 3.63) is 35.9 Å². The first-order chi connectivity index (χ1) is 6.77. The molecule has 0 saturated heterocycles. The van der Waals surface area contributed by atoms with E-state index >= 15 is 0 Å². The van der Waals surface area contributed by atoms with Crippen LogP contribution in [-0.4, -0.2) is 17.3 Å². The molecule has 3 atom stereocenters. The van der Waals surface area contributed by atoms with Crippen LogP contribution < -0.4 is 0 Å². The molecule has 1 aliphatic rings. The summed E-state index contributed by atoms with van der Waals surface area (Å²) in [6.07, 6.45) is 0.870. The molecule has 2 nitrogen and oxygen atoms in total. The topological polar surface area (TPSA) is 29.5 Å². The summed E-state index contributed by atoms with van der Waals surface area (Å²) < 4.78 is 5.69. The first-order valence-corrected chi connectivity index (χ1v) is 5.11. The summed E-state index contributed by atoms with van der Waals surface area (Å²) >= 11 is 0.